The molecule has 0 spiro atoms. The number of amides is 1. The maximum atomic E-state index is 11.8. The van der Waals surface area contributed by atoms with Gasteiger partial charge in [0.2, 0.25) is 0 Å². The Morgan fingerprint density at radius 3 is 2.38 bits per heavy atom. The van der Waals surface area contributed by atoms with Gasteiger partial charge in [-0.3, -0.25) is 4.79 Å². The van der Waals surface area contributed by atoms with Crippen LogP contribution in [-0.2, 0) is 4.79 Å². The van der Waals surface area contributed by atoms with Crippen LogP contribution in [-0.4, -0.2) is 31.8 Å². The number of nitrogens with zero attached hydrogens (tertiary/aromatic N) is 2. The molecular weight excluding hydrogens is 371 g/mol. The maximum absolute atomic E-state index is 11.8. The van der Waals surface area contributed by atoms with Crippen molar-refractivity contribution in [2.45, 2.75) is 13.8 Å². The van der Waals surface area contributed by atoms with Crippen LogP contribution in [0.15, 0.2) is 47.6 Å². The van der Waals surface area contributed by atoms with E-state index in [1.807, 2.05) is 24.3 Å². The summed E-state index contributed by atoms with van der Waals surface area (Å²) in [6.45, 7) is 6.26. The van der Waals surface area contributed by atoms with Crippen molar-refractivity contribution in [3.8, 4) is 0 Å². The summed E-state index contributed by atoms with van der Waals surface area (Å²) in [5, 5.41) is 7.84. The largest absolute Gasteiger partial charge is 0.376 e. The SMILES string of the molecule is CCN(CC)c1ccc(/C=N/NC(=O)CNc2ccc(Cl)c(Cl)c2)cc1. The van der Waals surface area contributed by atoms with Crippen LogP contribution >= 0.6 is 23.2 Å². The zero-order valence-corrected chi connectivity index (χ0v) is 16.3. The molecule has 0 aromatic heterocycles. The van der Waals surface area contributed by atoms with Crippen molar-refractivity contribution < 1.29 is 4.79 Å². The number of nitrogens with one attached hydrogen (secondary N) is 2. The molecule has 0 aliphatic heterocycles. The summed E-state index contributed by atoms with van der Waals surface area (Å²) >= 11 is 11.8. The van der Waals surface area contributed by atoms with Crippen LogP contribution in [0.5, 0.6) is 0 Å². The predicted molar refractivity (Wildman–Crippen MR) is 111 cm³/mol. The van der Waals surface area contributed by atoms with Gasteiger partial charge in [-0.2, -0.15) is 5.10 Å². The number of hydrogen-bond acceptors (Lipinski definition) is 4. The zero-order chi connectivity index (χ0) is 18.9. The molecule has 7 heteroatoms. The average Bonchev–Trinajstić information content (AvgIpc) is 2.65. The van der Waals surface area contributed by atoms with E-state index in [0.717, 1.165) is 18.7 Å². The van der Waals surface area contributed by atoms with Crippen molar-refractivity contribution in [3.05, 3.63) is 58.1 Å². The highest BCUT2D eigenvalue weighted by atomic mass is 35.5. The molecule has 0 aliphatic carbocycles. The van der Waals surface area contributed by atoms with Gasteiger partial charge in [-0.1, -0.05) is 35.3 Å². The standard InChI is InChI=1S/C19H22Cl2N4O/c1-3-25(4-2)16-8-5-14(6-9-16)12-23-24-19(26)13-22-15-7-10-17(20)18(21)11-15/h5-12,22H,3-4,13H2,1-2H3,(H,24,26)/b23-12+. The molecule has 0 saturated heterocycles. The number of carbonyl (C=O) groups is 1. The van der Waals surface area contributed by atoms with Crippen LogP contribution in [0.4, 0.5) is 11.4 Å². The van der Waals surface area contributed by atoms with E-state index >= 15 is 0 Å². The second-order valence-electron chi connectivity index (χ2n) is 5.54. The Labute approximate surface area is 164 Å². The van der Waals surface area contributed by atoms with Gasteiger partial charge in [0.05, 0.1) is 22.8 Å². The zero-order valence-electron chi connectivity index (χ0n) is 14.8. The van der Waals surface area contributed by atoms with Gasteiger partial charge in [-0.05, 0) is 49.7 Å². The van der Waals surface area contributed by atoms with E-state index in [1.165, 1.54) is 5.69 Å². The lowest BCUT2D eigenvalue weighted by Crippen LogP contribution is -2.25. The van der Waals surface area contributed by atoms with Gasteiger partial charge in [0.25, 0.3) is 5.91 Å². The molecule has 26 heavy (non-hydrogen) atoms. The first-order chi connectivity index (χ1) is 12.5. The first kappa shape index (κ1) is 20.1. The molecule has 2 aromatic rings. The summed E-state index contributed by atoms with van der Waals surface area (Å²) in [5.41, 5.74) is 5.28. The molecule has 0 heterocycles. The highest BCUT2D eigenvalue weighted by Gasteiger charge is 2.03. The molecule has 138 valence electrons. The summed E-state index contributed by atoms with van der Waals surface area (Å²) in [6.07, 6.45) is 1.61. The summed E-state index contributed by atoms with van der Waals surface area (Å²) in [6, 6.07) is 13.1. The molecule has 0 radical (unpaired) electrons. The number of carbonyl (C=O) groups excluding carboxylic acids is 1. The predicted octanol–water partition coefficient (Wildman–Crippen LogP) is 4.40. The van der Waals surface area contributed by atoms with Crippen LogP contribution in [0.3, 0.4) is 0 Å². The second-order valence-corrected chi connectivity index (χ2v) is 6.35. The Hall–Kier alpha value is -2.24. The van der Waals surface area contributed by atoms with Gasteiger partial charge in [0, 0.05) is 24.5 Å². The summed E-state index contributed by atoms with van der Waals surface area (Å²) in [5.74, 6) is -0.257. The molecule has 1 amide bonds. The molecule has 0 bridgehead atoms. The Morgan fingerprint density at radius 1 is 1.08 bits per heavy atom. The molecule has 0 atom stereocenters. The van der Waals surface area contributed by atoms with E-state index in [4.69, 9.17) is 23.2 Å². The highest BCUT2D eigenvalue weighted by molar-refractivity contribution is 6.42. The van der Waals surface area contributed by atoms with Crippen LogP contribution in [0.25, 0.3) is 0 Å². The summed E-state index contributed by atoms with van der Waals surface area (Å²) in [4.78, 5) is 14.1. The number of hydrazone groups is 1. The van der Waals surface area contributed by atoms with Crippen molar-refractivity contribution >= 4 is 46.7 Å². The van der Waals surface area contributed by atoms with E-state index in [1.54, 1.807) is 24.4 Å². The Balaban J connectivity index is 1.81. The molecule has 2 rings (SSSR count). The van der Waals surface area contributed by atoms with Crippen LogP contribution in [0.1, 0.15) is 19.4 Å². The summed E-state index contributed by atoms with van der Waals surface area (Å²) in [7, 11) is 0. The molecule has 2 aromatic carbocycles. The Morgan fingerprint density at radius 2 is 1.77 bits per heavy atom. The maximum Gasteiger partial charge on any atom is 0.259 e. The van der Waals surface area contributed by atoms with Crippen molar-refractivity contribution in [1.29, 1.82) is 0 Å². The number of halogens is 2. The third-order valence-corrected chi connectivity index (χ3v) is 4.54. The number of benzene rings is 2. The molecular formula is C19H22Cl2N4O. The molecule has 5 nitrogen and oxygen atoms in total. The lowest BCUT2D eigenvalue weighted by Gasteiger charge is -2.20. The third-order valence-electron chi connectivity index (χ3n) is 3.80. The average molecular weight is 393 g/mol. The van der Waals surface area contributed by atoms with Crippen molar-refractivity contribution in [2.24, 2.45) is 5.10 Å². The molecule has 0 unspecified atom stereocenters. The number of hydrogen-bond donors (Lipinski definition) is 2. The molecule has 0 saturated carbocycles. The quantitative estimate of drug-likeness (QED) is 0.516. The van der Waals surface area contributed by atoms with Gasteiger partial charge in [-0.15, -0.1) is 0 Å². The molecule has 2 N–H and O–H groups in total. The van der Waals surface area contributed by atoms with E-state index in [0.29, 0.717) is 15.7 Å². The second kappa shape index (κ2) is 10.0. The fourth-order valence-corrected chi connectivity index (χ4v) is 2.66. The minimum atomic E-state index is -0.257. The first-order valence-corrected chi connectivity index (χ1v) is 9.15. The van der Waals surface area contributed by atoms with Gasteiger partial charge in [-0.25, -0.2) is 5.43 Å². The normalized spacial score (nSPS) is 10.8. The van der Waals surface area contributed by atoms with E-state index in [2.05, 4.69) is 34.6 Å². The number of rotatable bonds is 8. The Bertz CT molecular complexity index is 759. The fraction of sp³-hybridized carbons (Fsp3) is 0.263. The van der Waals surface area contributed by atoms with Gasteiger partial charge in [0.1, 0.15) is 0 Å². The topological polar surface area (TPSA) is 56.7 Å². The minimum absolute atomic E-state index is 0.0796. The van der Waals surface area contributed by atoms with Crippen molar-refractivity contribution in [1.82, 2.24) is 5.43 Å². The van der Waals surface area contributed by atoms with Gasteiger partial charge < -0.3 is 10.2 Å². The van der Waals surface area contributed by atoms with Gasteiger partial charge in [0.15, 0.2) is 0 Å². The van der Waals surface area contributed by atoms with E-state index < -0.39 is 0 Å². The monoisotopic (exact) mass is 392 g/mol. The highest BCUT2D eigenvalue weighted by Crippen LogP contribution is 2.24. The van der Waals surface area contributed by atoms with Crippen LogP contribution in [0.2, 0.25) is 10.0 Å². The lowest BCUT2D eigenvalue weighted by atomic mass is 10.2. The van der Waals surface area contributed by atoms with Crippen molar-refractivity contribution in [2.75, 3.05) is 29.9 Å². The van der Waals surface area contributed by atoms with E-state index in [-0.39, 0.29) is 12.5 Å². The molecule has 0 fully saturated rings. The Kier molecular flexibility index (Phi) is 7.75. The summed E-state index contributed by atoms with van der Waals surface area (Å²) < 4.78 is 0. The first-order valence-electron chi connectivity index (χ1n) is 8.39. The fourth-order valence-electron chi connectivity index (χ4n) is 2.37. The van der Waals surface area contributed by atoms with Crippen molar-refractivity contribution in [3.63, 3.8) is 0 Å². The van der Waals surface area contributed by atoms with Crippen LogP contribution in [0, 0.1) is 0 Å². The molecule has 0 aliphatic rings. The minimum Gasteiger partial charge on any atom is -0.376 e. The van der Waals surface area contributed by atoms with E-state index in [9.17, 15) is 4.79 Å². The third kappa shape index (κ3) is 5.93. The number of anilines is 2. The van der Waals surface area contributed by atoms with Gasteiger partial charge >= 0.3 is 0 Å². The smallest absolute Gasteiger partial charge is 0.259 e. The lowest BCUT2D eigenvalue weighted by molar-refractivity contribution is -0.119. The van der Waals surface area contributed by atoms with Crippen LogP contribution < -0.4 is 15.6 Å².